The maximum atomic E-state index is 13.7. The van der Waals surface area contributed by atoms with E-state index in [1.165, 1.54) is 6.92 Å². The minimum Gasteiger partial charge on any atom is -0.493 e. The van der Waals surface area contributed by atoms with Crippen molar-refractivity contribution in [3.8, 4) is 11.5 Å². The molecular formula is C27H26N2O5. The standard InChI is InChI=1S/C27H26N2O5/c1-16(30)29-21-8-5-4-7-19(21)28-20-13-18(17-10-11-23(32-2)25(15-17)33-3)14-22(31)26(20)27(29)24-9-6-12-34-24/h4-12,15,18,27-28H,13-14H2,1-3H3. The Morgan fingerprint density at radius 3 is 2.53 bits per heavy atom. The van der Waals surface area contributed by atoms with E-state index in [2.05, 4.69) is 5.32 Å². The summed E-state index contributed by atoms with van der Waals surface area (Å²) < 4.78 is 16.6. The van der Waals surface area contributed by atoms with Crippen LogP contribution in [0.3, 0.4) is 0 Å². The lowest BCUT2D eigenvalue weighted by Gasteiger charge is -2.33. The van der Waals surface area contributed by atoms with Crippen LogP contribution in [0.2, 0.25) is 0 Å². The first-order chi connectivity index (χ1) is 16.5. The van der Waals surface area contributed by atoms with Gasteiger partial charge in [-0.1, -0.05) is 18.2 Å². The van der Waals surface area contributed by atoms with Gasteiger partial charge >= 0.3 is 0 Å². The van der Waals surface area contributed by atoms with Gasteiger partial charge in [0, 0.05) is 24.6 Å². The summed E-state index contributed by atoms with van der Waals surface area (Å²) in [6, 6.07) is 16.3. The maximum Gasteiger partial charge on any atom is 0.224 e. The van der Waals surface area contributed by atoms with Crippen LogP contribution in [-0.4, -0.2) is 25.9 Å². The Labute approximate surface area is 198 Å². The van der Waals surface area contributed by atoms with Gasteiger partial charge in [0.25, 0.3) is 0 Å². The highest BCUT2D eigenvalue weighted by Crippen LogP contribution is 2.48. The molecule has 2 unspecified atom stereocenters. The molecule has 34 heavy (non-hydrogen) atoms. The SMILES string of the molecule is COc1ccc(C2CC(=O)C3=C(C2)Nc2ccccc2N(C(C)=O)C3c2ccco2)cc1OC. The molecule has 1 N–H and O–H groups in total. The molecule has 7 nitrogen and oxygen atoms in total. The molecule has 1 amide bonds. The first-order valence-electron chi connectivity index (χ1n) is 11.2. The number of ketones is 1. The number of ether oxygens (including phenoxy) is 2. The van der Waals surface area contributed by atoms with Crippen LogP contribution < -0.4 is 19.7 Å². The molecule has 2 aromatic carbocycles. The van der Waals surface area contributed by atoms with Crippen molar-refractivity contribution in [1.29, 1.82) is 0 Å². The molecule has 2 aliphatic rings. The number of para-hydroxylation sites is 2. The van der Waals surface area contributed by atoms with Crippen molar-refractivity contribution in [3.63, 3.8) is 0 Å². The summed E-state index contributed by atoms with van der Waals surface area (Å²) in [6.45, 7) is 1.51. The number of carbonyl (C=O) groups excluding carboxylic acids is 2. The first kappa shape index (κ1) is 21.8. The summed E-state index contributed by atoms with van der Waals surface area (Å²) in [7, 11) is 3.20. The van der Waals surface area contributed by atoms with Gasteiger partial charge in [-0.25, -0.2) is 0 Å². The Morgan fingerprint density at radius 2 is 1.82 bits per heavy atom. The van der Waals surface area contributed by atoms with E-state index in [4.69, 9.17) is 13.9 Å². The lowest BCUT2D eigenvalue weighted by atomic mass is 9.79. The molecule has 5 rings (SSSR count). The smallest absolute Gasteiger partial charge is 0.224 e. The quantitative estimate of drug-likeness (QED) is 0.578. The lowest BCUT2D eigenvalue weighted by Crippen LogP contribution is -2.37. The van der Waals surface area contributed by atoms with E-state index < -0.39 is 6.04 Å². The summed E-state index contributed by atoms with van der Waals surface area (Å²) in [5.74, 6) is 1.59. The van der Waals surface area contributed by atoms with Gasteiger partial charge in [-0.3, -0.25) is 14.5 Å². The third-order valence-corrected chi connectivity index (χ3v) is 6.52. The molecule has 0 bridgehead atoms. The van der Waals surface area contributed by atoms with Gasteiger partial charge in [0.2, 0.25) is 5.91 Å². The van der Waals surface area contributed by atoms with Gasteiger partial charge in [0.1, 0.15) is 11.8 Å². The predicted molar refractivity (Wildman–Crippen MR) is 128 cm³/mol. The van der Waals surface area contributed by atoms with Gasteiger partial charge in [-0.05, 0) is 54.3 Å². The molecule has 174 valence electrons. The predicted octanol–water partition coefficient (Wildman–Crippen LogP) is 5.22. The molecule has 1 aromatic heterocycles. The number of rotatable bonds is 4. The van der Waals surface area contributed by atoms with Crippen LogP contribution >= 0.6 is 0 Å². The third kappa shape index (κ3) is 3.63. The first-order valence-corrected chi connectivity index (χ1v) is 11.2. The zero-order valence-corrected chi connectivity index (χ0v) is 19.3. The number of nitrogens with one attached hydrogen (secondary N) is 1. The fourth-order valence-corrected chi connectivity index (χ4v) is 5.00. The number of benzene rings is 2. The highest BCUT2D eigenvalue weighted by Gasteiger charge is 2.42. The molecule has 2 atom stereocenters. The molecule has 3 aromatic rings. The molecule has 0 fully saturated rings. The number of fused-ring (bicyclic) bond motifs is 1. The van der Waals surface area contributed by atoms with Crippen LogP contribution in [0.1, 0.15) is 43.0 Å². The van der Waals surface area contributed by atoms with Gasteiger partial charge in [0.15, 0.2) is 17.3 Å². The number of methoxy groups -OCH3 is 2. The molecule has 1 aliphatic carbocycles. The fraction of sp³-hybridized carbons (Fsp3) is 0.259. The lowest BCUT2D eigenvalue weighted by molar-refractivity contribution is -0.117. The Bertz CT molecular complexity index is 1280. The molecule has 0 spiro atoms. The van der Waals surface area contributed by atoms with E-state index in [1.54, 1.807) is 31.4 Å². The second-order valence-electron chi connectivity index (χ2n) is 8.48. The van der Waals surface area contributed by atoms with Crippen LogP contribution in [0.25, 0.3) is 0 Å². The van der Waals surface area contributed by atoms with Gasteiger partial charge in [-0.2, -0.15) is 0 Å². The molecule has 1 aliphatic heterocycles. The van der Waals surface area contributed by atoms with E-state index in [0.29, 0.717) is 41.4 Å². The van der Waals surface area contributed by atoms with Gasteiger partial charge in [-0.15, -0.1) is 0 Å². The van der Waals surface area contributed by atoms with Crippen molar-refractivity contribution in [2.45, 2.75) is 31.7 Å². The second kappa shape index (κ2) is 8.74. The zero-order valence-electron chi connectivity index (χ0n) is 19.3. The fourth-order valence-electron chi connectivity index (χ4n) is 5.00. The minimum absolute atomic E-state index is 0.0195. The van der Waals surface area contributed by atoms with Gasteiger partial charge < -0.3 is 19.2 Å². The molecule has 2 heterocycles. The second-order valence-corrected chi connectivity index (χ2v) is 8.48. The normalized spacial score (nSPS) is 19.6. The number of nitrogens with zero attached hydrogens (tertiary/aromatic N) is 1. The number of furan rings is 1. The highest BCUT2D eigenvalue weighted by atomic mass is 16.5. The van der Waals surface area contributed by atoms with Crippen LogP contribution in [0.4, 0.5) is 11.4 Å². The number of carbonyl (C=O) groups is 2. The van der Waals surface area contributed by atoms with Crippen molar-refractivity contribution in [1.82, 2.24) is 0 Å². The van der Waals surface area contributed by atoms with E-state index >= 15 is 0 Å². The Balaban J connectivity index is 1.64. The number of hydrogen-bond donors (Lipinski definition) is 1. The summed E-state index contributed by atoms with van der Waals surface area (Å²) in [5.41, 5.74) is 3.85. The minimum atomic E-state index is -0.641. The topological polar surface area (TPSA) is 81.0 Å². The van der Waals surface area contributed by atoms with Crippen LogP contribution in [0.15, 0.2) is 76.5 Å². The number of anilines is 2. The van der Waals surface area contributed by atoms with Crippen molar-refractivity contribution in [3.05, 3.63) is 83.5 Å². The van der Waals surface area contributed by atoms with E-state index in [1.807, 2.05) is 48.5 Å². The average Bonchev–Trinajstić information content (AvgIpc) is 3.32. The zero-order chi connectivity index (χ0) is 23.8. The molecule has 0 saturated heterocycles. The van der Waals surface area contributed by atoms with Crippen molar-refractivity contribution in [2.24, 2.45) is 0 Å². The summed E-state index contributed by atoms with van der Waals surface area (Å²) >= 11 is 0. The van der Waals surface area contributed by atoms with E-state index in [0.717, 1.165) is 16.9 Å². The van der Waals surface area contributed by atoms with Crippen molar-refractivity contribution < 1.29 is 23.5 Å². The Kier molecular flexibility index (Phi) is 5.61. The maximum absolute atomic E-state index is 13.7. The molecular weight excluding hydrogens is 432 g/mol. The average molecular weight is 459 g/mol. The van der Waals surface area contributed by atoms with E-state index in [-0.39, 0.29) is 17.6 Å². The highest BCUT2D eigenvalue weighted by molar-refractivity contribution is 6.05. The summed E-state index contributed by atoms with van der Waals surface area (Å²) in [6.07, 6.45) is 2.49. The van der Waals surface area contributed by atoms with Crippen LogP contribution in [0.5, 0.6) is 11.5 Å². The van der Waals surface area contributed by atoms with E-state index in [9.17, 15) is 9.59 Å². The monoisotopic (exact) mass is 458 g/mol. The third-order valence-electron chi connectivity index (χ3n) is 6.52. The number of hydrogen-bond acceptors (Lipinski definition) is 6. The number of Topliss-reactive ketones (excluding diaryl/α,β-unsaturated/α-hetero) is 1. The Hall–Kier alpha value is -4.00. The summed E-state index contributed by atoms with van der Waals surface area (Å²) in [5, 5.41) is 3.49. The largest absolute Gasteiger partial charge is 0.493 e. The molecule has 7 heteroatoms. The van der Waals surface area contributed by atoms with Crippen LogP contribution in [-0.2, 0) is 9.59 Å². The van der Waals surface area contributed by atoms with Crippen molar-refractivity contribution >= 4 is 23.1 Å². The number of allylic oxidation sites excluding steroid dienone is 1. The number of amides is 1. The van der Waals surface area contributed by atoms with Crippen molar-refractivity contribution in [2.75, 3.05) is 24.4 Å². The van der Waals surface area contributed by atoms with Gasteiger partial charge in [0.05, 0.1) is 31.9 Å². The molecule has 0 radical (unpaired) electrons. The van der Waals surface area contributed by atoms with Crippen LogP contribution in [0, 0.1) is 0 Å². The Morgan fingerprint density at radius 1 is 1.03 bits per heavy atom. The molecule has 0 saturated carbocycles. The summed E-state index contributed by atoms with van der Waals surface area (Å²) in [4.78, 5) is 28.3.